The van der Waals surface area contributed by atoms with Crippen molar-refractivity contribution in [1.29, 1.82) is 0 Å². The molecule has 0 bridgehead atoms. The van der Waals surface area contributed by atoms with Gasteiger partial charge in [-0.3, -0.25) is 10.00 Å². The van der Waals surface area contributed by atoms with E-state index in [2.05, 4.69) is 67.9 Å². The van der Waals surface area contributed by atoms with Gasteiger partial charge in [0.25, 0.3) is 0 Å². The van der Waals surface area contributed by atoms with Crippen LogP contribution < -0.4 is 5.32 Å². The summed E-state index contributed by atoms with van der Waals surface area (Å²) in [6, 6.07) is 22.0. The molecule has 1 aliphatic heterocycles. The van der Waals surface area contributed by atoms with Gasteiger partial charge in [0.15, 0.2) is 5.82 Å². The number of anilines is 1. The fourth-order valence-electron chi connectivity index (χ4n) is 4.70. The van der Waals surface area contributed by atoms with Crippen LogP contribution in [0.4, 0.5) is 10.1 Å². The van der Waals surface area contributed by atoms with Gasteiger partial charge in [-0.1, -0.05) is 30.3 Å². The first-order valence-electron chi connectivity index (χ1n) is 11.4. The smallest absolute Gasteiger partial charge is 0.159 e. The molecule has 0 amide bonds. The van der Waals surface area contributed by atoms with Crippen LogP contribution in [0.5, 0.6) is 0 Å². The van der Waals surface area contributed by atoms with Gasteiger partial charge >= 0.3 is 0 Å². The summed E-state index contributed by atoms with van der Waals surface area (Å²) in [5.74, 6) is 0.387. The highest BCUT2D eigenvalue weighted by Crippen LogP contribution is 2.28. The molecule has 3 heterocycles. The highest BCUT2D eigenvalue weighted by molar-refractivity contribution is 5.93. The van der Waals surface area contributed by atoms with Crippen molar-refractivity contribution < 1.29 is 4.39 Å². The summed E-state index contributed by atoms with van der Waals surface area (Å²) in [5, 5.41) is 11.8. The maximum Gasteiger partial charge on any atom is 0.159 e. The molecule has 2 aromatic heterocycles. The van der Waals surface area contributed by atoms with Gasteiger partial charge in [0.2, 0.25) is 0 Å². The first-order chi connectivity index (χ1) is 16.2. The molecule has 166 valence electrons. The van der Waals surface area contributed by atoms with Crippen molar-refractivity contribution in [3.05, 3.63) is 78.1 Å². The zero-order valence-corrected chi connectivity index (χ0v) is 18.2. The van der Waals surface area contributed by atoms with Gasteiger partial charge in [0, 0.05) is 36.7 Å². The van der Waals surface area contributed by atoms with Gasteiger partial charge in [-0.2, -0.15) is 5.10 Å². The molecule has 0 radical (unpaired) electrons. The van der Waals surface area contributed by atoms with E-state index >= 15 is 0 Å². The number of nitrogens with one attached hydrogen (secondary N) is 3. The Morgan fingerprint density at radius 2 is 1.82 bits per heavy atom. The lowest BCUT2D eigenvalue weighted by atomic mass is 10.0. The van der Waals surface area contributed by atoms with Crippen LogP contribution in [0.2, 0.25) is 0 Å². The number of nitrogens with zero attached hydrogens (tertiary/aromatic N) is 3. The van der Waals surface area contributed by atoms with Gasteiger partial charge in [0.05, 0.1) is 16.6 Å². The van der Waals surface area contributed by atoms with Crippen LogP contribution in [-0.2, 0) is 6.54 Å². The number of aromatic nitrogens is 4. The van der Waals surface area contributed by atoms with Gasteiger partial charge in [-0.25, -0.2) is 9.37 Å². The van der Waals surface area contributed by atoms with Crippen molar-refractivity contribution in [3.63, 3.8) is 0 Å². The van der Waals surface area contributed by atoms with E-state index in [0.29, 0.717) is 23.1 Å². The van der Waals surface area contributed by atoms with Gasteiger partial charge < -0.3 is 10.3 Å². The monoisotopic (exact) mass is 440 g/mol. The van der Waals surface area contributed by atoms with Crippen molar-refractivity contribution in [2.75, 3.05) is 18.4 Å². The summed E-state index contributed by atoms with van der Waals surface area (Å²) in [4.78, 5) is 10.6. The summed E-state index contributed by atoms with van der Waals surface area (Å²) < 4.78 is 13.5. The second-order valence-electron chi connectivity index (χ2n) is 8.76. The van der Waals surface area contributed by atoms with Crippen LogP contribution in [0.25, 0.3) is 33.5 Å². The molecule has 7 heteroatoms. The maximum absolute atomic E-state index is 13.5. The lowest BCUT2D eigenvalue weighted by Gasteiger charge is -2.32. The average molecular weight is 441 g/mol. The standard InChI is InChI=1S/C26H25FN6/c27-18-6-8-21-23(14-18)31-32-25(21)26-29-22-9-7-20(15-24(22)30-26)28-19-10-12-33(13-11-19)16-17-4-2-1-3-5-17/h1-9,14-15,19,28H,10-13,16H2,(H,29,30)(H,31,32). The lowest BCUT2D eigenvalue weighted by molar-refractivity contribution is 0.211. The molecule has 33 heavy (non-hydrogen) atoms. The van der Waals surface area contributed by atoms with Crippen molar-refractivity contribution in [3.8, 4) is 11.5 Å². The highest BCUT2D eigenvalue weighted by atomic mass is 19.1. The number of H-pyrrole nitrogens is 2. The Morgan fingerprint density at radius 1 is 0.970 bits per heavy atom. The molecule has 0 unspecified atom stereocenters. The predicted molar refractivity (Wildman–Crippen MR) is 130 cm³/mol. The van der Waals surface area contributed by atoms with Gasteiger partial charge in [-0.15, -0.1) is 0 Å². The third kappa shape index (κ3) is 4.07. The molecular formula is C26H25FN6. The number of hydrogen-bond donors (Lipinski definition) is 3. The fraction of sp³-hybridized carbons (Fsp3) is 0.231. The maximum atomic E-state index is 13.5. The van der Waals surface area contributed by atoms with E-state index in [1.54, 1.807) is 6.07 Å². The first kappa shape index (κ1) is 19.9. The molecule has 0 atom stereocenters. The number of aromatic amines is 2. The number of benzene rings is 3. The van der Waals surface area contributed by atoms with E-state index in [-0.39, 0.29) is 5.82 Å². The minimum Gasteiger partial charge on any atom is -0.382 e. The van der Waals surface area contributed by atoms with E-state index < -0.39 is 0 Å². The second kappa shape index (κ2) is 8.33. The SMILES string of the molecule is Fc1ccc2c(-c3nc4ccc(NC5CCN(Cc6ccccc6)CC5)cc4[nH]3)n[nH]c2c1. The summed E-state index contributed by atoms with van der Waals surface area (Å²) in [6.07, 6.45) is 2.24. The van der Waals surface area contributed by atoms with Gasteiger partial charge in [0.1, 0.15) is 11.5 Å². The van der Waals surface area contributed by atoms with Crippen LogP contribution in [0.1, 0.15) is 18.4 Å². The number of rotatable bonds is 5. The third-order valence-corrected chi connectivity index (χ3v) is 6.44. The molecule has 1 aliphatic rings. The van der Waals surface area contributed by atoms with E-state index in [9.17, 15) is 4.39 Å². The number of likely N-dealkylation sites (tertiary alicyclic amines) is 1. The molecule has 0 aliphatic carbocycles. The van der Waals surface area contributed by atoms with Crippen LogP contribution in [0.15, 0.2) is 66.7 Å². The second-order valence-corrected chi connectivity index (χ2v) is 8.76. The predicted octanol–water partition coefficient (Wildman–Crippen LogP) is 5.32. The van der Waals surface area contributed by atoms with Crippen LogP contribution in [0.3, 0.4) is 0 Å². The highest BCUT2D eigenvalue weighted by Gasteiger charge is 2.19. The Hall–Kier alpha value is -3.71. The number of imidazole rings is 1. The van der Waals surface area contributed by atoms with Crippen LogP contribution in [-0.4, -0.2) is 44.2 Å². The van der Waals surface area contributed by atoms with E-state index in [1.807, 2.05) is 6.07 Å². The topological polar surface area (TPSA) is 72.6 Å². The number of fused-ring (bicyclic) bond motifs is 2. The van der Waals surface area contributed by atoms with Crippen molar-refractivity contribution in [2.24, 2.45) is 0 Å². The molecule has 6 rings (SSSR count). The minimum absolute atomic E-state index is 0.288. The quantitative estimate of drug-likeness (QED) is 0.346. The molecule has 0 saturated carbocycles. The largest absolute Gasteiger partial charge is 0.382 e. The molecule has 3 N–H and O–H groups in total. The van der Waals surface area contributed by atoms with Crippen LogP contribution in [0, 0.1) is 5.82 Å². The summed E-state index contributed by atoms with van der Waals surface area (Å²) in [5.41, 5.74) is 5.65. The third-order valence-electron chi connectivity index (χ3n) is 6.44. The van der Waals surface area contributed by atoms with E-state index in [1.165, 1.54) is 17.7 Å². The molecule has 3 aromatic carbocycles. The van der Waals surface area contributed by atoms with Gasteiger partial charge in [-0.05, 0) is 54.8 Å². The number of piperidine rings is 1. The first-order valence-corrected chi connectivity index (χ1v) is 11.4. The Balaban J connectivity index is 1.14. The van der Waals surface area contributed by atoms with Crippen LogP contribution >= 0.6 is 0 Å². The zero-order valence-electron chi connectivity index (χ0n) is 18.2. The summed E-state index contributed by atoms with van der Waals surface area (Å²) >= 11 is 0. The molecule has 6 nitrogen and oxygen atoms in total. The zero-order chi connectivity index (χ0) is 22.2. The Morgan fingerprint density at radius 3 is 2.67 bits per heavy atom. The van der Waals surface area contributed by atoms with E-state index in [4.69, 9.17) is 4.98 Å². The lowest BCUT2D eigenvalue weighted by Crippen LogP contribution is -2.38. The molecule has 0 spiro atoms. The Labute approximate surface area is 190 Å². The Kier molecular flexibility index (Phi) is 5.03. The van der Waals surface area contributed by atoms with Crippen molar-refractivity contribution in [2.45, 2.75) is 25.4 Å². The summed E-state index contributed by atoms with van der Waals surface area (Å²) in [7, 11) is 0. The van der Waals surface area contributed by atoms with E-state index in [0.717, 1.165) is 54.6 Å². The Bertz CT molecular complexity index is 1400. The number of hydrogen-bond acceptors (Lipinski definition) is 4. The normalized spacial score (nSPS) is 15.4. The molecule has 1 saturated heterocycles. The molecule has 1 fully saturated rings. The molecule has 5 aromatic rings. The number of halogens is 1. The van der Waals surface area contributed by atoms with Crippen molar-refractivity contribution in [1.82, 2.24) is 25.1 Å². The minimum atomic E-state index is -0.288. The summed E-state index contributed by atoms with van der Waals surface area (Å²) in [6.45, 7) is 3.20. The average Bonchev–Trinajstić information content (AvgIpc) is 3.44. The fourth-order valence-corrected chi connectivity index (χ4v) is 4.70. The van der Waals surface area contributed by atoms with Crippen molar-refractivity contribution >= 4 is 27.6 Å². The molecular weight excluding hydrogens is 415 g/mol.